The van der Waals surface area contributed by atoms with E-state index in [1.54, 1.807) is 0 Å². The molecule has 3 atom stereocenters. The van der Waals surface area contributed by atoms with Gasteiger partial charge in [0.25, 0.3) is 0 Å². The second-order valence-electron chi connectivity index (χ2n) is 9.12. The number of hydrogen-bond donors (Lipinski definition) is 0. The highest BCUT2D eigenvalue weighted by atomic mass is 16.5. The highest BCUT2D eigenvalue weighted by Crippen LogP contribution is 2.50. The van der Waals surface area contributed by atoms with Gasteiger partial charge < -0.3 is 14.4 Å². The minimum absolute atomic E-state index is 0.0834. The molecule has 3 heterocycles. The number of fused-ring (bicyclic) bond motifs is 1. The molecule has 3 aliphatic heterocycles. The van der Waals surface area contributed by atoms with E-state index in [0.717, 1.165) is 66.2 Å². The van der Waals surface area contributed by atoms with E-state index in [-0.39, 0.29) is 23.8 Å². The van der Waals surface area contributed by atoms with Gasteiger partial charge in [0, 0.05) is 31.2 Å². The minimum atomic E-state index is -0.194. The van der Waals surface area contributed by atoms with Crippen molar-refractivity contribution < 1.29 is 14.3 Å². The highest BCUT2D eigenvalue weighted by Gasteiger charge is 2.46. The van der Waals surface area contributed by atoms with Crippen LogP contribution in [0.2, 0.25) is 0 Å². The molecule has 0 N–H and O–H groups in total. The van der Waals surface area contributed by atoms with E-state index in [0.29, 0.717) is 6.61 Å². The molecule has 3 aromatic carbocycles. The fourth-order valence-corrected chi connectivity index (χ4v) is 5.69. The number of carbonyl (C=O) groups excluding carboxylic acids is 1. The Labute approximate surface area is 188 Å². The van der Waals surface area contributed by atoms with Gasteiger partial charge in [-0.3, -0.25) is 9.69 Å². The maximum Gasteiger partial charge on any atom is 0.172 e. The van der Waals surface area contributed by atoms with Crippen LogP contribution < -0.4 is 9.64 Å². The van der Waals surface area contributed by atoms with Gasteiger partial charge in [0.05, 0.1) is 30.9 Å². The zero-order chi connectivity index (χ0) is 21.7. The van der Waals surface area contributed by atoms with Crippen LogP contribution >= 0.6 is 0 Å². The van der Waals surface area contributed by atoms with Gasteiger partial charge in [-0.15, -0.1) is 0 Å². The number of para-hydroxylation sites is 1. The van der Waals surface area contributed by atoms with E-state index < -0.39 is 0 Å². The number of anilines is 1. The Morgan fingerprint density at radius 3 is 2.66 bits per heavy atom. The normalized spacial score (nSPS) is 24.9. The summed E-state index contributed by atoms with van der Waals surface area (Å²) in [5.41, 5.74) is 2.99. The topological polar surface area (TPSA) is 42.0 Å². The molecular formula is C27H28N2O3. The first-order chi connectivity index (χ1) is 15.7. The second-order valence-corrected chi connectivity index (χ2v) is 9.12. The Morgan fingerprint density at radius 2 is 1.81 bits per heavy atom. The monoisotopic (exact) mass is 428 g/mol. The lowest BCUT2D eigenvalue weighted by Crippen LogP contribution is -2.54. The number of morpholine rings is 1. The van der Waals surface area contributed by atoms with Crippen molar-refractivity contribution in [3.05, 3.63) is 71.8 Å². The van der Waals surface area contributed by atoms with Crippen LogP contribution in [0.4, 0.5) is 5.69 Å². The lowest BCUT2D eigenvalue weighted by atomic mass is 9.87. The van der Waals surface area contributed by atoms with Gasteiger partial charge in [0.15, 0.2) is 5.78 Å². The predicted octanol–water partition coefficient (Wildman–Crippen LogP) is 4.11. The van der Waals surface area contributed by atoms with E-state index >= 15 is 0 Å². The van der Waals surface area contributed by atoms with Gasteiger partial charge in [-0.05, 0) is 35.4 Å². The van der Waals surface area contributed by atoms with Crippen LogP contribution in [0.5, 0.6) is 5.75 Å². The van der Waals surface area contributed by atoms with Gasteiger partial charge in [-0.1, -0.05) is 48.5 Å². The molecule has 0 spiro atoms. The quantitative estimate of drug-likeness (QED) is 0.585. The molecule has 32 heavy (non-hydrogen) atoms. The third kappa shape index (κ3) is 3.19. The first kappa shape index (κ1) is 19.8. The molecule has 6 rings (SSSR count). The molecule has 3 aliphatic rings. The molecule has 0 saturated carbocycles. The number of ether oxygens (including phenoxy) is 2. The van der Waals surface area contributed by atoms with Gasteiger partial charge >= 0.3 is 0 Å². The highest BCUT2D eigenvalue weighted by molar-refractivity contribution is 6.06. The van der Waals surface area contributed by atoms with E-state index in [4.69, 9.17) is 9.47 Å². The van der Waals surface area contributed by atoms with Crippen LogP contribution in [0, 0.1) is 0 Å². The molecule has 1 saturated heterocycles. The van der Waals surface area contributed by atoms with E-state index in [2.05, 4.69) is 41.0 Å². The molecule has 164 valence electrons. The van der Waals surface area contributed by atoms with Crippen LogP contribution in [0.1, 0.15) is 28.8 Å². The second kappa shape index (κ2) is 7.91. The van der Waals surface area contributed by atoms with Crippen LogP contribution in [0.25, 0.3) is 10.8 Å². The number of rotatable bonds is 4. The molecule has 0 radical (unpaired) electrons. The van der Waals surface area contributed by atoms with Crippen LogP contribution in [-0.4, -0.2) is 62.2 Å². The maximum absolute atomic E-state index is 13.9. The summed E-state index contributed by atoms with van der Waals surface area (Å²) in [5.74, 6) is 0.901. The Bertz CT molecular complexity index is 1170. The van der Waals surface area contributed by atoms with Crippen molar-refractivity contribution >= 4 is 22.2 Å². The van der Waals surface area contributed by atoms with Crippen LogP contribution in [-0.2, 0) is 4.74 Å². The maximum atomic E-state index is 13.9. The number of benzene rings is 3. The molecule has 5 nitrogen and oxygen atoms in total. The number of hydrogen-bond acceptors (Lipinski definition) is 5. The van der Waals surface area contributed by atoms with Crippen molar-refractivity contribution in [3.8, 4) is 5.75 Å². The smallest absolute Gasteiger partial charge is 0.172 e. The fourth-order valence-electron chi connectivity index (χ4n) is 5.69. The largest absolute Gasteiger partial charge is 0.489 e. The minimum Gasteiger partial charge on any atom is -0.489 e. The third-order valence-electron chi connectivity index (χ3n) is 7.26. The number of Topliss-reactive ketones (excluding diaryl/α,β-unsaturated/α-hetero) is 1. The van der Waals surface area contributed by atoms with Crippen LogP contribution in [0.15, 0.2) is 60.7 Å². The lowest BCUT2D eigenvalue weighted by molar-refractivity contribution is 0.0314. The number of carbonyl (C=O) groups is 1. The summed E-state index contributed by atoms with van der Waals surface area (Å²) in [6.45, 7) is 7.25. The van der Waals surface area contributed by atoms with E-state index in [9.17, 15) is 4.79 Å². The average Bonchev–Trinajstić information content (AvgIpc) is 3.14. The predicted molar refractivity (Wildman–Crippen MR) is 126 cm³/mol. The Hall–Kier alpha value is -2.89. The molecule has 2 unspecified atom stereocenters. The zero-order valence-electron chi connectivity index (χ0n) is 18.4. The summed E-state index contributed by atoms with van der Waals surface area (Å²) in [6, 6.07) is 20.8. The Kier molecular flexibility index (Phi) is 4.89. The fraction of sp³-hybridized carbons (Fsp3) is 0.370. The summed E-state index contributed by atoms with van der Waals surface area (Å²) < 4.78 is 11.7. The SMILES string of the molecule is CC1C(C(=O)c2ccc3ccccc3c2)c2cccc3c2N1[C@H](CN1CCOCC1)CO3. The molecule has 0 amide bonds. The molecule has 0 aromatic heterocycles. The van der Waals surface area contributed by atoms with Crippen molar-refractivity contribution in [2.45, 2.75) is 24.9 Å². The van der Waals surface area contributed by atoms with E-state index in [1.807, 2.05) is 36.4 Å². The molecule has 0 aliphatic carbocycles. The Morgan fingerprint density at radius 1 is 1.00 bits per heavy atom. The summed E-state index contributed by atoms with van der Waals surface area (Å²) in [7, 11) is 0. The average molecular weight is 429 g/mol. The van der Waals surface area contributed by atoms with Crippen molar-refractivity contribution in [1.29, 1.82) is 0 Å². The summed E-state index contributed by atoms with van der Waals surface area (Å²) in [5, 5.41) is 2.26. The lowest BCUT2D eigenvalue weighted by Gasteiger charge is -2.42. The van der Waals surface area contributed by atoms with Crippen molar-refractivity contribution in [1.82, 2.24) is 4.90 Å². The van der Waals surface area contributed by atoms with Gasteiger partial charge in [0.2, 0.25) is 0 Å². The molecule has 3 aromatic rings. The van der Waals surface area contributed by atoms with Gasteiger partial charge in [-0.25, -0.2) is 0 Å². The van der Waals surface area contributed by atoms with Crippen LogP contribution in [0.3, 0.4) is 0 Å². The van der Waals surface area contributed by atoms with Crippen molar-refractivity contribution in [3.63, 3.8) is 0 Å². The summed E-state index contributed by atoms with van der Waals surface area (Å²) >= 11 is 0. The molecule has 1 fully saturated rings. The number of ketones is 1. The van der Waals surface area contributed by atoms with E-state index in [1.165, 1.54) is 0 Å². The summed E-state index contributed by atoms with van der Waals surface area (Å²) in [6.07, 6.45) is 0. The molecule has 0 bridgehead atoms. The van der Waals surface area contributed by atoms with Gasteiger partial charge in [-0.2, -0.15) is 0 Å². The molecule has 5 heteroatoms. The Balaban J connectivity index is 1.35. The first-order valence-electron chi connectivity index (χ1n) is 11.6. The summed E-state index contributed by atoms with van der Waals surface area (Å²) in [4.78, 5) is 18.8. The van der Waals surface area contributed by atoms with Crippen molar-refractivity contribution in [2.24, 2.45) is 0 Å². The third-order valence-corrected chi connectivity index (χ3v) is 7.26. The standard InChI is InChI=1S/C27H28N2O3/c1-18-25(27(30)21-10-9-19-5-2-3-6-20(19)15-21)23-7-4-8-24-26(23)29(18)22(17-32-24)16-28-11-13-31-14-12-28/h2-10,15,18,22,25H,11-14,16-17H2,1H3/t18?,22-,25?/m1/s1. The van der Waals surface area contributed by atoms with Crippen molar-refractivity contribution in [2.75, 3.05) is 44.4 Å². The molecular weight excluding hydrogens is 400 g/mol. The number of nitrogens with zero attached hydrogens (tertiary/aromatic N) is 2. The van der Waals surface area contributed by atoms with Gasteiger partial charge in [0.1, 0.15) is 12.4 Å². The zero-order valence-corrected chi connectivity index (χ0v) is 18.4. The first-order valence-corrected chi connectivity index (χ1v) is 11.6.